The summed E-state index contributed by atoms with van der Waals surface area (Å²) >= 11 is 0. The normalized spacial score (nSPS) is 36.3. The molecule has 6 nitrogen and oxygen atoms in total. The van der Waals surface area contributed by atoms with E-state index in [1.807, 2.05) is 6.92 Å². The van der Waals surface area contributed by atoms with Gasteiger partial charge in [-0.1, -0.05) is 117 Å². The topological polar surface area (TPSA) is 104 Å². The van der Waals surface area contributed by atoms with Gasteiger partial charge in [0, 0.05) is 12.3 Å². The van der Waals surface area contributed by atoms with Crippen molar-refractivity contribution in [2.45, 2.75) is 149 Å². The second kappa shape index (κ2) is 13.6. The van der Waals surface area contributed by atoms with E-state index in [-0.39, 0.29) is 35.0 Å². The lowest BCUT2D eigenvalue weighted by atomic mass is 9.59. The molecule has 6 heteroatoms. The Balaban J connectivity index is 1.32. The molecule has 238 valence electrons. The zero-order chi connectivity index (χ0) is 30.7. The van der Waals surface area contributed by atoms with Crippen LogP contribution in [0.4, 0.5) is 0 Å². The lowest BCUT2D eigenvalue weighted by molar-refractivity contribution is -0.203. The minimum atomic E-state index is -2.05. The van der Waals surface area contributed by atoms with Crippen LogP contribution in [0, 0.1) is 34.5 Å². The predicted molar refractivity (Wildman–Crippen MR) is 166 cm³/mol. The fourth-order valence-electron chi connectivity index (χ4n) is 9.07. The van der Waals surface area contributed by atoms with Crippen LogP contribution in [0.25, 0.3) is 0 Å². The minimum Gasteiger partial charge on any atom is -0.455 e. The highest BCUT2D eigenvalue weighted by atomic mass is 16.6. The zero-order valence-electron chi connectivity index (χ0n) is 27.0. The summed E-state index contributed by atoms with van der Waals surface area (Å²) in [6.07, 6.45) is 17.7. The number of aliphatic hydroxyl groups excluding tert-OH is 2. The van der Waals surface area contributed by atoms with Crippen molar-refractivity contribution >= 4 is 11.8 Å². The SMILES string of the molecule is CCCCCCCCCCCCCCCC(=O)O[C@H]1C(C)=C[C@]23C(=O)C(C=C(CO)[C@@H](O)[C@]12O)[C@H]1[C@@H](C[C@H]3C)C1(C)C. The van der Waals surface area contributed by atoms with Crippen LogP contribution < -0.4 is 0 Å². The van der Waals surface area contributed by atoms with Gasteiger partial charge < -0.3 is 20.1 Å². The van der Waals surface area contributed by atoms with Gasteiger partial charge in [0.2, 0.25) is 0 Å². The molecule has 0 aromatic rings. The first kappa shape index (κ1) is 33.4. The molecule has 4 aliphatic carbocycles. The Bertz CT molecular complexity index is 1030. The number of esters is 1. The molecule has 0 aromatic heterocycles. The Labute approximate surface area is 254 Å². The van der Waals surface area contributed by atoms with Crippen molar-refractivity contribution < 1.29 is 29.6 Å². The molecule has 2 fully saturated rings. The van der Waals surface area contributed by atoms with E-state index >= 15 is 0 Å². The third-order valence-corrected chi connectivity index (χ3v) is 11.6. The summed E-state index contributed by atoms with van der Waals surface area (Å²) in [7, 11) is 0. The smallest absolute Gasteiger partial charge is 0.306 e. The van der Waals surface area contributed by atoms with Crippen LogP contribution in [0.5, 0.6) is 0 Å². The molecule has 0 saturated heterocycles. The molecule has 4 rings (SSSR count). The number of unbranched alkanes of at least 4 members (excludes halogenated alkanes) is 12. The average molecular weight is 587 g/mol. The van der Waals surface area contributed by atoms with Crippen molar-refractivity contribution in [3.05, 3.63) is 23.3 Å². The van der Waals surface area contributed by atoms with E-state index in [2.05, 4.69) is 20.8 Å². The highest BCUT2D eigenvalue weighted by Crippen LogP contribution is 2.71. The number of carbonyl (C=O) groups excluding carboxylic acids is 2. The van der Waals surface area contributed by atoms with Crippen LogP contribution in [0.3, 0.4) is 0 Å². The third-order valence-electron chi connectivity index (χ3n) is 11.6. The number of rotatable bonds is 16. The number of aliphatic hydroxyl groups is 3. The van der Waals surface area contributed by atoms with Crippen molar-refractivity contribution in [3.8, 4) is 0 Å². The first-order chi connectivity index (χ1) is 20.0. The molecule has 0 aromatic carbocycles. The van der Waals surface area contributed by atoms with Crippen molar-refractivity contribution in [1.29, 1.82) is 0 Å². The molecule has 0 radical (unpaired) electrons. The third kappa shape index (κ3) is 5.94. The fourth-order valence-corrected chi connectivity index (χ4v) is 9.07. The minimum absolute atomic E-state index is 0.0161. The molecule has 2 bridgehead atoms. The van der Waals surface area contributed by atoms with Crippen molar-refractivity contribution in [1.82, 2.24) is 0 Å². The lowest BCUT2D eigenvalue weighted by Gasteiger charge is -2.48. The number of allylic oxidation sites excluding steroid dienone is 1. The summed E-state index contributed by atoms with van der Waals surface area (Å²) in [5.41, 5.74) is -2.60. The van der Waals surface area contributed by atoms with E-state index in [1.54, 1.807) is 19.1 Å². The van der Waals surface area contributed by atoms with Crippen LogP contribution in [-0.2, 0) is 14.3 Å². The predicted octanol–water partition coefficient (Wildman–Crippen LogP) is 6.85. The number of carbonyl (C=O) groups is 2. The number of Topliss-reactive ketones (excluding diaryl/α,β-unsaturated/α-hetero) is 1. The molecule has 2 saturated carbocycles. The fraction of sp³-hybridized carbons (Fsp3) is 0.833. The molecule has 42 heavy (non-hydrogen) atoms. The monoisotopic (exact) mass is 586 g/mol. The summed E-state index contributed by atoms with van der Waals surface area (Å²) in [5, 5.41) is 34.3. The lowest BCUT2D eigenvalue weighted by Crippen LogP contribution is -2.65. The van der Waals surface area contributed by atoms with Crippen molar-refractivity contribution in [2.24, 2.45) is 34.5 Å². The Hall–Kier alpha value is -1.50. The number of hydrogen-bond donors (Lipinski definition) is 3. The highest BCUT2D eigenvalue weighted by Gasteiger charge is 2.76. The van der Waals surface area contributed by atoms with Crippen molar-refractivity contribution in [2.75, 3.05) is 6.61 Å². The van der Waals surface area contributed by atoms with Gasteiger partial charge in [0.05, 0.1) is 12.0 Å². The molecule has 0 amide bonds. The van der Waals surface area contributed by atoms with Gasteiger partial charge in [0.25, 0.3) is 0 Å². The van der Waals surface area contributed by atoms with Gasteiger partial charge >= 0.3 is 5.97 Å². The second-order valence-electron chi connectivity index (χ2n) is 14.7. The van der Waals surface area contributed by atoms with Gasteiger partial charge in [0.15, 0.2) is 17.5 Å². The Kier molecular flexibility index (Phi) is 10.9. The summed E-state index contributed by atoms with van der Waals surface area (Å²) in [6, 6.07) is 0. The van der Waals surface area contributed by atoms with E-state index in [4.69, 9.17) is 4.74 Å². The quantitative estimate of drug-likeness (QED) is 0.104. The second-order valence-corrected chi connectivity index (χ2v) is 14.7. The first-order valence-corrected chi connectivity index (χ1v) is 17.1. The van der Waals surface area contributed by atoms with Crippen LogP contribution in [0.2, 0.25) is 0 Å². The van der Waals surface area contributed by atoms with Gasteiger partial charge in [-0.15, -0.1) is 0 Å². The van der Waals surface area contributed by atoms with Gasteiger partial charge in [-0.2, -0.15) is 0 Å². The Morgan fingerprint density at radius 3 is 2.07 bits per heavy atom. The maximum absolute atomic E-state index is 14.4. The standard InChI is InChI=1S/C36H58O6/c1-6-7-8-9-10-11-12-13-14-15-16-17-18-19-29(38)42-33-24(2)22-35-25(3)20-28-30(34(28,4)5)27(32(35)40)21-26(23-37)31(39)36(33,35)41/h21-22,25,27-28,30-31,33,37,39,41H,6-20,23H2,1-5H3/t25-,27?,28-,30+,31-,33+,35+,36+/m1/s1. The van der Waals surface area contributed by atoms with Gasteiger partial charge in [-0.05, 0) is 54.1 Å². The van der Waals surface area contributed by atoms with E-state index in [0.717, 1.165) is 25.7 Å². The largest absolute Gasteiger partial charge is 0.455 e. The molecular weight excluding hydrogens is 528 g/mol. The Morgan fingerprint density at radius 1 is 0.976 bits per heavy atom. The molecule has 1 unspecified atom stereocenters. The molecule has 0 heterocycles. The number of hydrogen-bond acceptors (Lipinski definition) is 6. The maximum atomic E-state index is 14.4. The van der Waals surface area contributed by atoms with E-state index in [1.165, 1.54) is 64.2 Å². The average Bonchev–Trinajstić information content (AvgIpc) is 3.44. The molecular formula is C36H58O6. The molecule has 4 aliphatic rings. The molecule has 1 spiro atoms. The van der Waals surface area contributed by atoms with Crippen LogP contribution in [0.1, 0.15) is 131 Å². The van der Waals surface area contributed by atoms with E-state index < -0.39 is 41.7 Å². The van der Waals surface area contributed by atoms with Gasteiger partial charge in [0.1, 0.15) is 6.10 Å². The van der Waals surface area contributed by atoms with E-state index in [9.17, 15) is 24.9 Å². The molecule has 8 atom stereocenters. The van der Waals surface area contributed by atoms with Crippen molar-refractivity contribution in [3.63, 3.8) is 0 Å². The summed E-state index contributed by atoms with van der Waals surface area (Å²) in [4.78, 5) is 27.5. The maximum Gasteiger partial charge on any atom is 0.306 e. The van der Waals surface area contributed by atoms with E-state index in [0.29, 0.717) is 11.5 Å². The summed E-state index contributed by atoms with van der Waals surface area (Å²) < 4.78 is 5.95. The Morgan fingerprint density at radius 2 is 1.52 bits per heavy atom. The zero-order valence-corrected chi connectivity index (χ0v) is 27.0. The highest BCUT2D eigenvalue weighted by molar-refractivity contribution is 5.95. The van der Waals surface area contributed by atoms with Crippen LogP contribution in [0.15, 0.2) is 23.3 Å². The molecule has 3 N–H and O–H groups in total. The van der Waals surface area contributed by atoms with Crippen LogP contribution >= 0.6 is 0 Å². The van der Waals surface area contributed by atoms with Gasteiger partial charge in [-0.3, -0.25) is 9.59 Å². The number of fused-ring (bicyclic) bond motifs is 3. The number of ketones is 1. The van der Waals surface area contributed by atoms with Crippen LogP contribution in [-0.4, -0.2) is 51.5 Å². The van der Waals surface area contributed by atoms with Gasteiger partial charge in [-0.25, -0.2) is 0 Å². The number of ether oxygens (including phenoxy) is 1. The summed E-state index contributed by atoms with van der Waals surface area (Å²) in [6.45, 7) is 9.91. The summed E-state index contributed by atoms with van der Waals surface area (Å²) in [5.74, 6) is -0.856. The first-order valence-electron chi connectivity index (χ1n) is 17.1. The molecule has 0 aliphatic heterocycles.